The molecule has 0 aliphatic heterocycles. The van der Waals surface area contributed by atoms with Crippen LogP contribution < -0.4 is 10.1 Å². The number of hydrogen-bond donors (Lipinski definition) is 1. The summed E-state index contributed by atoms with van der Waals surface area (Å²) in [5.41, 5.74) is 2.63. The molecule has 2 aromatic rings. The van der Waals surface area contributed by atoms with Crippen LogP contribution in [0, 0.1) is 13.8 Å². The SMILES string of the molecule is CNC(c1ccc(OC)cc1)c1cc(C)sc1C. The molecule has 2 rings (SSSR count). The molecule has 1 aromatic heterocycles. The average molecular weight is 261 g/mol. The zero-order chi connectivity index (χ0) is 13.1. The van der Waals surface area contributed by atoms with E-state index in [0.29, 0.717) is 0 Å². The van der Waals surface area contributed by atoms with E-state index in [0.717, 1.165) is 5.75 Å². The van der Waals surface area contributed by atoms with Gasteiger partial charge in [-0.1, -0.05) is 12.1 Å². The molecule has 1 atom stereocenters. The summed E-state index contributed by atoms with van der Waals surface area (Å²) in [6.45, 7) is 4.34. The molecule has 0 amide bonds. The number of benzene rings is 1. The van der Waals surface area contributed by atoms with Crippen LogP contribution in [0.15, 0.2) is 30.3 Å². The summed E-state index contributed by atoms with van der Waals surface area (Å²) in [7, 11) is 3.69. The van der Waals surface area contributed by atoms with Gasteiger partial charge in [0.15, 0.2) is 0 Å². The van der Waals surface area contributed by atoms with E-state index in [9.17, 15) is 0 Å². The Bertz CT molecular complexity index is 516. The van der Waals surface area contributed by atoms with Crippen molar-refractivity contribution in [3.8, 4) is 5.75 Å². The highest BCUT2D eigenvalue weighted by molar-refractivity contribution is 7.12. The van der Waals surface area contributed by atoms with Crippen LogP contribution in [0.3, 0.4) is 0 Å². The molecule has 0 bridgehead atoms. The van der Waals surface area contributed by atoms with Gasteiger partial charge in [0.1, 0.15) is 5.75 Å². The summed E-state index contributed by atoms with van der Waals surface area (Å²) in [5, 5.41) is 3.39. The minimum atomic E-state index is 0.251. The molecule has 3 heteroatoms. The van der Waals surface area contributed by atoms with Crippen molar-refractivity contribution in [2.75, 3.05) is 14.2 Å². The average Bonchev–Trinajstić information content (AvgIpc) is 2.70. The third kappa shape index (κ3) is 2.57. The van der Waals surface area contributed by atoms with Crippen molar-refractivity contribution in [3.05, 3.63) is 51.2 Å². The highest BCUT2D eigenvalue weighted by atomic mass is 32.1. The van der Waals surface area contributed by atoms with E-state index in [2.05, 4.69) is 37.4 Å². The van der Waals surface area contributed by atoms with Gasteiger partial charge in [0.25, 0.3) is 0 Å². The Kier molecular flexibility index (Phi) is 4.04. The van der Waals surface area contributed by atoms with Gasteiger partial charge in [-0.3, -0.25) is 0 Å². The van der Waals surface area contributed by atoms with E-state index in [-0.39, 0.29) is 6.04 Å². The smallest absolute Gasteiger partial charge is 0.118 e. The lowest BCUT2D eigenvalue weighted by Gasteiger charge is -2.17. The van der Waals surface area contributed by atoms with Crippen LogP contribution in [0.5, 0.6) is 5.75 Å². The van der Waals surface area contributed by atoms with Gasteiger partial charge < -0.3 is 10.1 Å². The van der Waals surface area contributed by atoms with E-state index in [4.69, 9.17) is 4.74 Å². The van der Waals surface area contributed by atoms with Crippen molar-refractivity contribution < 1.29 is 4.74 Å². The van der Waals surface area contributed by atoms with Gasteiger partial charge in [-0.2, -0.15) is 0 Å². The first-order valence-electron chi connectivity index (χ1n) is 6.04. The fraction of sp³-hybridized carbons (Fsp3) is 0.333. The predicted octanol–water partition coefficient (Wildman–Crippen LogP) is 3.68. The summed E-state index contributed by atoms with van der Waals surface area (Å²) >= 11 is 1.85. The van der Waals surface area contributed by atoms with Crippen LogP contribution >= 0.6 is 11.3 Å². The number of aryl methyl sites for hydroxylation is 2. The maximum Gasteiger partial charge on any atom is 0.118 e. The monoisotopic (exact) mass is 261 g/mol. The Labute approximate surface area is 113 Å². The van der Waals surface area contributed by atoms with E-state index in [1.165, 1.54) is 20.9 Å². The van der Waals surface area contributed by atoms with Crippen LogP contribution in [0.2, 0.25) is 0 Å². The second-order valence-electron chi connectivity index (χ2n) is 4.36. The molecular formula is C15H19NOS. The fourth-order valence-electron chi connectivity index (χ4n) is 2.24. The zero-order valence-corrected chi connectivity index (χ0v) is 12.1. The number of ether oxygens (including phenoxy) is 1. The van der Waals surface area contributed by atoms with E-state index in [1.54, 1.807) is 7.11 Å². The Morgan fingerprint density at radius 3 is 2.28 bits per heavy atom. The maximum atomic E-state index is 5.20. The van der Waals surface area contributed by atoms with Gasteiger partial charge in [-0.15, -0.1) is 11.3 Å². The van der Waals surface area contributed by atoms with Crippen molar-refractivity contribution in [2.24, 2.45) is 0 Å². The molecule has 96 valence electrons. The molecule has 0 aliphatic rings. The van der Waals surface area contributed by atoms with Gasteiger partial charge in [0, 0.05) is 9.75 Å². The van der Waals surface area contributed by atoms with E-state index in [1.807, 2.05) is 30.5 Å². The minimum absolute atomic E-state index is 0.251. The molecule has 1 unspecified atom stereocenters. The van der Waals surface area contributed by atoms with Gasteiger partial charge in [-0.05, 0) is 50.2 Å². The largest absolute Gasteiger partial charge is 0.497 e. The first-order valence-corrected chi connectivity index (χ1v) is 6.85. The third-order valence-electron chi connectivity index (χ3n) is 3.13. The molecule has 0 saturated heterocycles. The first kappa shape index (κ1) is 13.1. The second kappa shape index (κ2) is 5.55. The summed E-state index contributed by atoms with van der Waals surface area (Å²) in [5.74, 6) is 0.895. The van der Waals surface area contributed by atoms with Gasteiger partial charge in [-0.25, -0.2) is 0 Å². The van der Waals surface area contributed by atoms with Crippen LogP contribution in [-0.4, -0.2) is 14.2 Å². The normalized spacial score (nSPS) is 12.4. The minimum Gasteiger partial charge on any atom is -0.497 e. The van der Waals surface area contributed by atoms with Crippen molar-refractivity contribution in [1.82, 2.24) is 5.32 Å². The molecular weight excluding hydrogens is 242 g/mol. The summed E-state index contributed by atoms with van der Waals surface area (Å²) in [6.07, 6.45) is 0. The zero-order valence-electron chi connectivity index (χ0n) is 11.3. The Hall–Kier alpha value is -1.32. The number of nitrogens with one attached hydrogen (secondary N) is 1. The van der Waals surface area contributed by atoms with Crippen LogP contribution in [0.25, 0.3) is 0 Å². The molecule has 2 nitrogen and oxygen atoms in total. The highest BCUT2D eigenvalue weighted by Crippen LogP contribution is 2.31. The molecule has 0 fully saturated rings. The predicted molar refractivity (Wildman–Crippen MR) is 77.7 cm³/mol. The lowest BCUT2D eigenvalue weighted by Crippen LogP contribution is -2.17. The van der Waals surface area contributed by atoms with Crippen LogP contribution in [-0.2, 0) is 0 Å². The summed E-state index contributed by atoms with van der Waals surface area (Å²) in [6, 6.07) is 10.8. The molecule has 18 heavy (non-hydrogen) atoms. The quantitative estimate of drug-likeness (QED) is 0.906. The maximum absolute atomic E-state index is 5.20. The summed E-state index contributed by atoms with van der Waals surface area (Å²) < 4.78 is 5.20. The Morgan fingerprint density at radius 1 is 1.17 bits per heavy atom. The fourth-order valence-corrected chi connectivity index (χ4v) is 3.20. The molecule has 1 N–H and O–H groups in total. The lowest BCUT2D eigenvalue weighted by atomic mass is 9.99. The molecule has 0 spiro atoms. The molecule has 1 heterocycles. The van der Waals surface area contributed by atoms with Crippen molar-refractivity contribution in [3.63, 3.8) is 0 Å². The summed E-state index contributed by atoms with van der Waals surface area (Å²) in [4.78, 5) is 2.74. The third-order valence-corrected chi connectivity index (χ3v) is 4.11. The first-order chi connectivity index (χ1) is 8.65. The number of methoxy groups -OCH3 is 1. The van der Waals surface area contributed by atoms with Gasteiger partial charge in [0.05, 0.1) is 13.2 Å². The Morgan fingerprint density at radius 2 is 1.83 bits per heavy atom. The number of rotatable bonds is 4. The number of thiophene rings is 1. The van der Waals surface area contributed by atoms with Gasteiger partial charge >= 0.3 is 0 Å². The van der Waals surface area contributed by atoms with Crippen molar-refractivity contribution >= 4 is 11.3 Å². The van der Waals surface area contributed by atoms with Crippen LogP contribution in [0.4, 0.5) is 0 Å². The number of hydrogen-bond acceptors (Lipinski definition) is 3. The Balaban J connectivity index is 2.35. The van der Waals surface area contributed by atoms with Crippen LogP contribution in [0.1, 0.15) is 26.9 Å². The standard InChI is InChI=1S/C15H19NOS/c1-10-9-14(11(2)18-10)15(16-3)12-5-7-13(17-4)8-6-12/h5-9,15-16H,1-4H3. The lowest BCUT2D eigenvalue weighted by molar-refractivity contribution is 0.414. The molecule has 1 aromatic carbocycles. The molecule has 0 saturated carbocycles. The highest BCUT2D eigenvalue weighted by Gasteiger charge is 2.16. The van der Waals surface area contributed by atoms with E-state index >= 15 is 0 Å². The second-order valence-corrected chi connectivity index (χ2v) is 5.82. The van der Waals surface area contributed by atoms with Gasteiger partial charge in [0.2, 0.25) is 0 Å². The van der Waals surface area contributed by atoms with Crippen molar-refractivity contribution in [1.29, 1.82) is 0 Å². The van der Waals surface area contributed by atoms with E-state index < -0.39 is 0 Å². The topological polar surface area (TPSA) is 21.3 Å². The molecule has 0 radical (unpaired) electrons. The molecule has 0 aliphatic carbocycles. The van der Waals surface area contributed by atoms with Crippen molar-refractivity contribution in [2.45, 2.75) is 19.9 Å².